The van der Waals surface area contributed by atoms with Gasteiger partial charge in [0.1, 0.15) is 6.54 Å². The van der Waals surface area contributed by atoms with Crippen molar-refractivity contribution in [2.24, 2.45) is 5.41 Å². The van der Waals surface area contributed by atoms with Crippen LogP contribution in [0.2, 0.25) is 0 Å². The molecule has 90 valence electrons. The highest BCUT2D eigenvalue weighted by Gasteiger charge is 2.29. The number of carbonyl (C=O) groups excluding carboxylic acids is 2. The zero-order valence-electron chi connectivity index (χ0n) is 10.4. The fourth-order valence-electron chi connectivity index (χ4n) is 1.92. The van der Waals surface area contributed by atoms with Gasteiger partial charge in [0.25, 0.3) is 0 Å². The highest BCUT2D eigenvalue weighted by molar-refractivity contribution is 5.91. The van der Waals surface area contributed by atoms with Crippen molar-refractivity contribution in [2.45, 2.75) is 26.7 Å². The maximum Gasteiger partial charge on any atom is 0.325 e. The van der Waals surface area contributed by atoms with Crippen LogP contribution in [0.25, 0.3) is 0 Å². The molecule has 0 amide bonds. The predicted octanol–water partition coefficient (Wildman–Crippen LogP) is 1.36. The van der Waals surface area contributed by atoms with Crippen LogP contribution in [0.3, 0.4) is 0 Å². The Morgan fingerprint density at radius 3 is 2.62 bits per heavy atom. The van der Waals surface area contributed by atoms with Crippen LogP contribution in [0.15, 0.2) is 11.8 Å². The van der Waals surface area contributed by atoms with E-state index in [4.69, 9.17) is 0 Å². The fraction of sp³-hybridized carbons (Fsp3) is 0.667. The summed E-state index contributed by atoms with van der Waals surface area (Å²) in [5, 5.41) is 0. The summed E-state index contributed by atoms with van der Waals surface area (Å²) in [7, 11) is 3.16. The molecular formula is C12H19NO3. The summed E-state index contributed by atoms with van der Waals surface area (Å²) < 4.78 is 4.60. The molecule has 4 nitrogen and oxygen atoms in total. The molecule has 0 spiro atoms. The Labute approximate surface area is 96.3 Å². The number of hydrogen-bond donors (Lipinski definition) is 0. The third kappa shape index (κ3) is 3.36. The second-order valence-corrected chi connectivity index (χ2v) is 5.05. The standard InChI is InChI=1S/C12H19NO3/c1-12(2)6-9(5-10(14)7-12)13(3)8-11(15)16-4/h5H,6-8H2,1-4H3. The van der Waals surface area contributed by atoms with Crippen LogP contribution < -0.4 is 0 Å². The lowest BCUT2D eigenvalue weighted by Gasteiger charge is -2.33. The van der Waals surface area contributed by atoms with Gasteiger partial charge in [-0.3, -0.25) is 9.59 Å². The lowest BCUT2D eigenvalue weighted by atomic mass is 9.78. The quantitative estimate of drug-likeness (QED) is 0.680. The first-order valence-electron chi connectivity index (χ1n) is 5.35. The Morgan fingerprint density at radius 2 is 2.12 bits per heavy atom. The van der Waals surface area contributed by atoms with Gasteiger partial charge in [0, 0.05) is 25.2 Å². The third-order valence-electron chi connectivity index (χ3n) is 2.72. The Morgan fingerprint density at radius 1 is 1.50 bits per heavy atom. The van der Waals surface area contributed by atoms with Gasteiger partial charge in [0.15, 0.2) is 5.78 Å². The number of likely N-dealkylation sites (N-methyl/N-ethyl adjacent to an activating group) is 1. The molecule has 0 unspecified atom stereocenters. The van der Waals surface area contributed by atoms with E-state index in [2.05, 4.69) is 18.6 Å². The van der Waals surface area contributed by atoms with Crippen LogP contribution >= 0.6 is 0 Å². The molecule has 1 aliphatic carbocycles. The largest absolute Gasteiger partial charge is 0.468 e. The molecule has 0 aromatic rings. The number of carbonyl (C=O) groups is 2. The minimum Gasteiger partial charge on any atom is -0.468 e. The molecular weight excluding hydrogens is 206 g/mol. The van der Waals surface area contributed by atoms with Gasteiger partial charge >= 0.3 is 5.97 Å². The van der Waals surface area contributed by atoms with Crippen molar-refractivity contribution in [1.82, 2.24) is 4.90 Å². The zero-order valence-corrected chi connectivity index (χ0v) is 10.4. The molecule has 0 heterocycles. The normalized spacial score (nSPS) is 19.0. The molecule has 0 atom stereocenters. The van der Waals surface area contributed by atoms with E-state index in [0.29, 0.717) is 6.42 Å². The summed E-state index contributed by atoms with van der Waals surface area (Å²) in [6.07, 6.45) is 3.02. The number of rotatable bonds is 3. The molecule has 4 heteroatoms. The maximum atomic E-state index is 11.5. The molecule has 0 radical (unpaired) electrons. The van der Waals surface area contributed by atoms with Crippen molar-refractivity contribution in [2.75, 3.05) is 20.7 Å². The van der Waals surface area contributed by atoms with Crippen molar-refractivity contribution in [3.63, 3.8) is 0 Å². The van der Waals surface area contributed by atoms with Crippen molar-refractivity contribution in [3.05, 3.63) is 11.8 Å². The van der Waals surface area contributed by atoms with Crippen molar-refractivity contribution < 1.29 is 14.3 Å². The Kier molecular flexibility index (Phi) is 3.73. The van der Waals surface area contributed by atoms with Gasteiger partial charge in [0.2, 0.25) is 0 Å². The number of hydrogen-bond acceptors (Lipinski definition) is 4. The summed E-state index contributed by atoms with van der Waals surface area (Å²) in [4.78, 5) is 24.4. The van der Waals surface area contributed by atoms with E-state index in [0.717, 1.165) is 12.1 Å². The molecule has 0 fully saturated rings. The smallest absolute Gasteiger partial charge is 0.325 e. The van der Waals surface area contributed by atoms with Gasteiger partial charge in [-0.05, 0) is 11.8 Å². The molecule has 0 saturated heterocycles. The predicted molar refractivity (Wildman–Crippen MR) is 60.8 cm³/mol. The van der Waals surface area contributed by atoms with Crippen LogP contribution in [0.4, 0.5) is 0 Å². The topological polar surface area (TPSA) is 46.6 Å². The summed E-state index contributed by atoms with van der Waals surface area (Å²) in [5.74, 6) is -0.165. The lowest BCUT2D eigenvalue weighted by molar-refractivity contribution is -0.141. The summed E-state index contributed by atoms with van der Waals surface area (Å²) >= 11 is 0. The highest BCUT2D eigenvalue weighted by atomic mass is 16.5. The first kappa shape index (κ1) is 12.7. The molecule has 0 aromatic carbocycles. The average molecular weight is 225 g/mol. The SMILES string of the molecule is COC(=O)CN(C)C1=CC(=O)CC(C)(C)C1. The monoisotopic (exact) mass is 225 g/mol. The number of ether oxygens (including phenoxy) is 1. The van der Waals surface area contributed by atoms with Crippen molar-refractivity contribution >= 4 is 11.8 Å². The molecule has 0 N–H and O–H groups in total. The van der Waals surface area contributed by atoms with Crippen LogP contribution in [0.1, 0.15) is 26.7 Å². The Bertz CT molecular complexity index is 331. The van der Waals surface area contributed by atoms with E-state index < -0.39 is 0 Å². The second kappa shape index (κ2) is 4.68. The van der Waals surface area contributed by atoms with E-state index >= 15 is 0 Å². The summed E-state index contributed by atoms with van der Waals surface area (Å²) in [6.45, 7) is 4.31. The number of allylic oxidation sites excluding steroid dienone is 2. The van der Waals surface area contributed by atoms with Crippen LogP contribution in [-0.4, -0.2) is 37.4 Å². The van der Waals surface area contributed by atoms with Crippen LogP contribution in [0, 0.1) is 5.41 Å². The zero-order chi connectivity index (χ0) is 12.3. The van der Waals surface area contributed by atoms with E-state index in [1.54, 1.807) is 18.0 Å². The molecule has 16 heavy (non-hydrogen) atoms. The molecule has 1 rings (SSSR count). The Balaban J connectivity index is 2.72. The van der Waals surface area contributed by atoms with Gasteiger partial charge in [-0.25, -0.2) is 0 Å². The first-order valence-corrected chi connectivity index (χ1v) is 5.35. The Hall–Kier alpha value is -1.32. The van der Waals surface area contributed by atoms with Gasteiger partial charge in [0.05, 0.1) is 7.11 Å². The summed E-state index contributed by atoms with van der Waals surface area (Å²) in [6, 6.07) is 0. The lowest BCUT2D eigenvalue weighted by Crippen LogP contribution is -2.32. The van der Waals surface area contributed by atoms with E-state index in [9.17, 15) is 9.59 Å². The van der Waals surface area contributed by atoms with E-state index in [1.807, 2.05) is 0 Å². The molecule has 1 aliphatic rings. The molecule has 0 aromatic heterocycles. The van der Waals surface area contributed by atoms with Crippen molar-refractivity contribution in [3.8, 4) is 0 Å². The minimum atomic E-state index is -0.292. The van der Waals surface area contributed by atoms with Gasteiger partial charge in [-0.2, -0.15) is 0 Å². The number of esters is 1. The number of methoxy groups -OCH3 is 1. The van der Waals surface area contributed by atoms with Crippen molar-refractivity contribution in [1.29, 1.82) is 0 Å². The minimum absolute atomic E-state index is 0.0223. The molecule has 0 saturated carbocycles. The van der Waals surface area contributed by atoms with Gasteiger partial charge < -0.3 is 9.64 Å². The van der Waals surface area contributed by atoms with Crippen LogP contribution in [0.5, 0.6) is 0 Å². The number of ketones is 1. The molecule has 0 bridgehead atoms. The summed E-state index contributed by atoms with van der Waals surface area (Å²) in [5.41, 5.74) is 0.887. The van der Waals surface area contributed by atoms with Gasteiger partial charge in [-0.15, -0.1) is 0 Å². The van der Waals surface area contributed by atoms with Gasteiger partial charge in [-0.1, -0.05) is 13.8 Å². The van der Waals surface area contributed by atoms with Crippen LogP contribution in [-0.2, 0) is 14.3 Å². The van der Waals surface area contributed by atoms with E-state index in [1.165, 1.54) is 7.11 Å². The second-order valence-electron chi connectivity index (χ2n) is 5.05. The first-order chi connectivity index (χ1) is 7.34. The number of nitrogens with zero attached hydrogens (tertiary/aromatic N) is 1. The average Bonchev–Trinajstić information content (AvgIpc) is 2.14. The maximum absolute atomic E-state index is 11.5. The fourth-order valence-corrected chi connectivity index (χ4v) is 1.92. The highest BCUT2D eigenvalue weighted by Crippen LogP contribution is 2.34. The third-order valence-corrected chi connectivity index (χ3v) is 2.72. The van der Waals surface area contributed by atoms with E-state index in [-0.39, 0.29) is 23.7 Å². The molecule has 0 aliphatic heterocycles.